The summed E-state index contributed by atoms with van der Waals surface area (Å²) in [5, 5.41) is 22.3. The lowest BCUT2D eigenvalue weighted by atomic mass is 9.58. The van der Waals surface area contributed by atoms with Gasteiger partial charge in [0, 0.05) is 18.3 Å². The molecule has 3 fully saturated rings. The number of ether oxygens (including phenoxy) is 3. The molecule has 2 N–H and O–H groups in total. The highest BCUT2D eigenvalue weighted by Gasteiger charge is 2.63. The maximum Gasteiger partial charge on any atom is 0.193 e. The molecule has 3 rings (SSSR count). The number of aliphatic hydroxyl groups is 2. The van der Waals surface area contributed by atoms with Gasteiger partial charge in [-0.1, -0.05) is 13.8 Å². The molecule has 2 heterocycles. The van der Waals surface area contributed by atoms with E-state index < -0.39 is 24.0 Å². The summed E-state index contributed by atoms with van der Waals surface area (Å²) in [6, 6.07) is 0. The first-order chi connectivity index (χ1) is 12.1. The quantitative estimate of drug-likeness (QED) is 0.722. The summed E-state index contributed by atoms with van der Waals surface area (Å²) in [6.45, 7) is 7.56. The predicted octanol–water partition coefficient (Wildman–Crippen LogP) is 2.19. The Morgan fingerprint density at radius 1 is 1.12 bits per heavy atom. The van der Waals surface area contributed by atoms with Gasteiger partial charge in [-0.05, 0) is 65.1 Å². The fourth-order valence-corrected chi connectivity index (χ4v) is 5.31. The zero-order valence-electron chi connectivity index (χ0n) is 17.0. The topological polar surface area (TPSA) is 71.4 Å². The van der Waals surface area contributed by atoms with Gasteiger partial charge < -0.3 is 29.3 Å². The standard InChI is InChI=1S/C20H37NO5/c1-13-7-8-16-14(2)17(24-12-6-11-21(4)5)25-18-20(16,23)15(13)9-10-19(3,22)26-18/h13-18,22-23H,6-12H2,1-5H3/t13-,14-,15?,16?,17?,18-,19?,20-/m1/s1. The maximum absolute atomic E-state index is 11.8. The molecule has 152 valence electrons. The molecule has 4 unspecified atom stereocenters. The minimum Gasteiger partial charge on any atom is -0.384 e. The van der Waals surface area contributed by atoms with E-state index in [0.717, 1.165) is 32.2 Å². The van der Waals surface area contributed by atoms with Crippen molar-refractivity contribution in [1.29, 1.82) is 0 Å². The molecule has 26 heavy (non-hydrogen) atoms. The van der Waals surface area contributed by atoms with Crippen molar-refractivity contribution in [2.75, 3.05) is 27.2 Å². The van der Waals surface area contributed by atoms with E-state index in [9.17, 15) is 10.2 Å². The van der Waals surface area contributed by atoms with Crippen LogP contribution in [-0.4, -0.2) is 66.3 Å². The SMILES string of the molecule is C[C@H]1C(OCCCN(C)C)O[C@@H]2OC(C)(O)CCC3[C@H](C)CCC1[C@]32O. The Kier molecular flexibility index (Phi) is 6.03. The molecule has 0 spiro atoms. The van der Waals surface area contributed by atoms with Gasteiger partial charge in [0.2, 0.25) is 0 Å². The molecule has 0 radical (unpaired) electrons. The Morgan fingerprint density at radius 2 is 1.85 bits per heavy atom. The summed E-state index contributed by atoms with van der Waals surface area (Å²) < 4.78 is 18.1. The Bertz CT molecular complexity index is 485. The number of hydrogen-bond acceptors (Lipinski definition) is 6. The molecule has 0 aromatic rings. The Labute approximate surface area is 157 Å². The molecule has 0 aromatic carbocycles. The van der Waals surface area contributed by atoms with Crippen LogP contribution >= 0.6 is 0 Å². The molecule has 0 amide bonds. The van der Waals surface area contributed by atoms with E-state index in [1.54, 1.807) is 6.92 Å². The molecular formula is C20H37NO5. The highest BCUT2D eigenvalue weighted by molar-refractivity contribution is 5.06. The van der Waals surface area contributed by atoms with E-state index >= 15 is 0 Å². The van der Waals surface area contributed by atoms with Gasteiger partial charge in [-0.15, -0.1) is 0 Å². The van der Waals surface area contributed by atoms with Gasteiger partial charge in [-0.2, -0.15) is 0 Å². The molecule has 8 atom stereocenters. The summed E-state index contributed by atoms with van der Waals surface area (Å²) in [5.41, 5.74) is -1.05. The molecule has 1 aliphatic carbocycles. The van der Waals surface area contributed by atoms with Crippen molar-refractivity contribution in [2.45, 2.75) is 76.8 Å². The van der Waals surface area contributed by atoms with E-state index in [1.807, 2.05) is 14.1 Å². The van der Waals surface area contributed by atoms with Crippen LogP contribution in [0.2, 0.25) is 0 Å². The van der Waals surface area contributed by atoms with Gasteiger partial charge in [0.05, 0.1) is 6.61 Å². The summed E-state index contributed by atoms with van der Waals surface area (Å²) in [5.74, 6) is -0.646. The van der Waals surface area contributed by atoms with E-state index in [0.29, 0.717) is 18.9 Å². The van der Waals surface area contributed by atoms with Crippen LogP contribution < -0.4 is 0 Å². The lowest BCUT2D eigenvalue weighted by Gasteiger charge is -2.57. The van der Waals surface area contributed by atoms with Crippen molar-refractivity contribution in [3.63, 3.8) is 0 Å². The molecule has 1 saturated carbocycles. The first-order valence-electron chi connectivity index (χ1n) is 10.2. The first-order valence-corrected chi connectivity index (χ1v) is 10.2. The van der Waals surface area contributed by atoms with Crippen molar-refractivity contribution in [2.24, 2.45) is 23.7 Å². The second kappa shape index (κ2) is 7.64. The summed E-state index contributed by atoms with van der Waals surface area (Å²) in [4.78, 5) is 2.13. The van der Waals surface area contributed by atoms with Crippen molar-refractivity contribution < 1.29 is 24.4 Å². The average Bonchev–Trinajstić information content (AvgIpc) is 2.64. The lowest BCUT2D eigenvalue weighted by molar-refractivity contribution is -0.408. The van der Waals surface area contributed by atoms with Crippen molar-refractivity contribution in [3.8, 4) is 0 Å². The summed E-state index contributed by atoms with van der Waals surface area (Å²) in [6.07, 6.45) is 2.98. The Morgan fingerprint density at radius 3 is 2.54 bits per heavy atom. The fraction of sp³-hybridized carbons (Fsp3) is 1.00. The van der Waals surface area contributed by atoms with Crippen molar-refractivity contribution in [1.82, 2.24) is 4.90 Å². The van der Waals surface area contributed by atoms with Crippen LogP contribution in [0.15, 0.2) is 0 Å². The number of nitrogens with zero attached hydrogens (tertiary/aromatic N) is 1. The Hall–Kier alpha value is -0.240. The third-order valence-corrected chi connectivity index (χ3v) is 6.82. The second-order valence-corrected chi connectivity index (χ2v) is 9.21. The molecule has 3 aliphatic rings. The molecule has 2 saturated heterocycles. The predicted molar refractivity (Wildman–Crippen MR) is 98.2 cm³/mol. The van der Waals surface area contributed by atoms with E-state index in [1.165, 1.54) is 0 Å². The molecule has 0 aromatic heterocycles. The third kappa shape index (κ3) is 3.82. The molecular weight excluding hydrogens is 334 g/mol. The van der Waals surface area contributed by atoms with Gasteiger partial charge >= 0.3 is 0 Å². The number of hydrogen-bond donors (Lipinski definition) is 2. The van der Waals surface area contributed by atoms with Crippen LogP contribution in [0.5, 0.6) is 0 Å². The van der Waals surface area contributed by atoms with Crippen LogP contribution in [0.3, 0.4) is 0 Å². The monoisotopic (exact) mass is 371 g/mol. The van der Waals surface area contributed by atoms with E-state index in [4.69, 9.17) is 14.2 Å². The average molecular weight is 372 g/mol. The fourth-order valence-electron chi connectivity index (χ4n) is 5.31. The van der Waals surface area contributed by atoms with Crippen LogP contribution in [0.25, 0.3) is 0 Å². The van der Waals surface area contributed by atoms with Crippen LogP contribution in [0.1, 0.15) is 52.9 Å². The highest BCUT2D eigenvalue weighted by Crippen LogP contribution is 2.55. The molecule has 0 bridgehead atoms. The minimum atomic E-state index is -1.28. The van der Waals surface area contributed by atoms with Crippen LogP contribution in [-0.2, 0) is 14.2 Å². The van der Waals surface area contributed by atoms with E-state index in [2.05, 4.69) is 18.7 Å². The van der Waals surface area contributed by atoms with Gasteiger partial charge in [-0.3, -0.25) is 0 Å². The van der Waals surface area contributed by atoms with Crippen LogP contribution in [0.4, 0.5) is 0 Å². The molecule has 6 nitrogen and oxygen atoms in total. The van der Waals surface area contributed by atoms with Gasteiger partial charge in [0.1, 0.15) is 5.60 Å². The molecule has 2 aliphatic heterocycles. The van der Waals surface area contributed by atoms with Gasteiger partial charge in [0.25, 0.3) is 0 Å². The first kappa shape index (κ1) is 20.5. The minimum absolute atomic E-state index is 0.0650. The number of rotatable bonds is 5. The van der Waals surface area contributed by atoms with Gasteiger partial charge in [0.15, 0.2) is 18.4 Å². The normalized spacial score (nSPS) is 48.9. The highest BCUT2D eigenvalue weighted by atomic mass is 16.8. The lowest BCUT2D eigenvalue weighted by Crippen LogP contribution is -2.67. The largest absolute Gasteiger partial charge is 0.384 e. The summed E-state index contributed by atoms with van der Waals surface area (Å²) >= 11 is 0. The van der Waals surface area contributed by atoms with E-state index in [-0.39, 0.29) is 17.8 Å². The van der Waals surface area contributed by atoms with Crippen molar-refractivity contribution in [3.05, 3.63) is 0 Å². The maximum atomic E-state index is 11.8. The smallest absolute Gasteiger partial charge is 0.193 e. The summed E-state index contributed by atoms with van der Waals surface area (Å²) in [7, 11) is 4.09. The zero-order chi connectivity index (χ0) is 19.1. The Balaban J connectivity index is 1.78. The molecule has 6 heteroatoms. The third-order valence-electron chi connectivity index (χ3n) is 6.82. The zero-order valence-corrected chi connectivity index (χ0v) is 17.0. The van der Waals surface area contributed by atoms with Crippen molar-refractivity contribution >= 4 is 0 Å². The second-order valence-electron chi connectivity index (χ2n) is 9.21. The van der Waals surface area contributed by atoms with Gasteiger partial charge in [-0.25, -0.2) is 0 Å². The van der Waals surface area contributed by atoms with Crippen LogP contribution in [0, 0.1) is 23.7 Å².